The molecule has 1 unspecified atom stereocenters. The van der Waals surface area contributed by atoms with Crippen LogP contribution in [0.3, 0.4) is 0 Å². The van der Waals surface area contributed by atoms with Gasteiger partial charge in [0.1, 0.15) is 10.7 Å². The van der Waals surface area contributed by atoms with Gasteiger partial charge in [0, 0.05) is 16.6 Å². The van der Waals surface area contributed by atoms with Crippen molar-refractivity contribution in [1.29, 1.82) is 0 Å². The molecule has 7 nitrogen and oxygen atoms in total. The lowest BCUT2D eigenvalue weighted by Gasteiger charge is -2.19. The van der Waals surface area contributed by atoms with Gasteiger partial charge in [0.25, 0.3) is 5.91 Å². The second-order valence-corrected chi connectivity index (χ2v) is 8.80. The summed E-state index contributed by atoms with van der Waals surface area (Å²) in [6.45, 7) is 3.30. The molecule has 0 aliphatic rings. The quantitative estimate of drug-likeness (QED) is 0.408. The van der Waals surface area contributed by atoms with E-state index in [0.29, 0.717) is 5.56 Å². The maximum Gasteiger partial charge on any atom is 0.307 e. The second-order valence-electron chi connectivity index (χ2n) is 6.15. The summed E-state index contributed by atoms with van der Waals surface area (Å²) in [7, 11) is -2.94. The number of amides is 1. The molecule has 0 saturated carbocycles. The number of carbonyl (C=O) groups is 2. The molecule has 0 aliphatic carbocycles. The highest BCUT2D eigenvalue weighted by Gasteiger charge is 2.23. The van der Waals surface area contributed by atoms with Crippen molar-refractivity contribution in [3.8, 4) is 0 Å². The van der Waals surface area contributed by atoms with Gasteiger partial charge in [-0.05, 0) is 35.9 Å². The van der Waals surface area contributed by atoms with Crippen LogP contribution < -0.4 is 10.0 Å². The number of benzene rings is 2. The first-order valence-corrected chi connectivity index (χ1v) is 11.0. The molecule has 1 atom stereocenters. The lowest BCUT2D eigenvalue weighted by atomic mass is 10.0. The predicted molar refractivity (Wildman–Crippen MR) is 113 cm³/mol. The zero-order chi connectivity index (χ0) is 22.3. The number of esters is 1. The molecule has 10 heteroatoms. The van der Waals surface area contributed by atoms with Crippen LogP contribution in [0.1, 0.15) is 28.4 Å². The first-order chi connectivity index (χ1) is 14.2. The van der Waals surface area contributed by atoms with E-state index in [1.165, 1.54) is 13.2 Å². The summed E-state index contributed by atoms with van der Waals surface area (Å²) in [5.74, 6) is -2.22. The zero-order valence-corrected chi connectivity index (χ0v) is 18.4. The molecular weight excluding hydrogens is 479 g/mol. The maximum absolute atomic E-state index is 14.1. The van der Waals surface area contributed by atoms with Crippen molar-refractivity contribution in [3.05, 3.63) is 76.5 Å². The molecule has 2 rings (SSSR count). The van der Waals surface area contributed by atoms with Crippen LogP contribution in [0.15, 0.2) is 64.5 Å². The molecule has 30 heavy (non-hydrogen) atoms. The van der Waals surface area contributed by atoms with E-state index in [1.807, 2.05) is 0 Å². The summed E-state index contributed by atoms with van der Waals surface area (Å²) in [6.07, 6.45) is 1.16. The Labute approximate surface area is 182 Å². The molecule has 0 heterocycles. The summed E-state index contributed by atoms with van der Waals surface area (Å²) in [4.78, 5) is 23.9. The molecule has 0 fully saturated rings. The number of rotatable bonds is 9. The minimum atomic E-state index is -4.17. The van der Waals surface area contributed by atoms with Gasteiger partial charge in [-0.1, -0.05) is 34.1 Å². The second kappa shape index (κ2) is 10.5. The predicted octanol–water partition coefficient (Wildman–Crippen LogP) is 3.09. The highest BCUT2D eigenvalue weighted by Crippen LogP contribution is 2.23. The van der Waals surface area contributed by atoms with E-state index in [0.717, 1.165) is 22.7 Å². The summed E-state index contributed by atoms with van der Waals surface area (Å²) in [6, 6.07) is 9.22. The van der Waals surface area contributed by atoms with E-state index in [-0.39, 0.29) is 18.5 Å². The van der Waals surface area contributed by atoms with Crippen molar-refractivity contribution in [1.82, 2.24) is 10.0 Å². The third-order valence-electron chi connectivity index (χ3n) is 4.06. The Hall–Kier alpha value is -2.56. The average molecular weight is 499 g/mol. The van der Waals surface area contributed by atoms with Crippen molar-refractivity contribution in [2.24, 2.45) is 0 Å². The van der Waals surface area contributed by atoms with Gasteiger partial charge in [-0.2, -0.15) is 0 Å². The van der Waals surface area contributed by atoms with Crippen molar-refractivity contribution in [3.63, 3.8) is 0 Å². The van der Waals surface area contributed by atoms with Crippen molar-refractivity contribution >= 4 is 37.8 Å². The molecule has 0 bridgehead atoms. The Morgan fingerprint density at radius 3 is 2.63 bits per heavy atom. The molecule has 0 spiro atoms. The molecule has 2 aromatic carbocycles. The SMILES string of the molecule is C=CCNS(=O)(=O)c1cc(C(=O)NC(CC(=O)OC)c2cccc(Br)c2)ccc1F. The Balaban J connectivity index is 2.34. The monoisotopic (exact) mass is 498 g/mol. The van der Waals surface area contributed by atoms with Crippen LogP contribution >= 0.6 is 15.9 Å². The van der Waals surface area contributed by atoms with Gasteiger partial charge >= 0.3 is 5.97 Å². The molecule has 2 aromatic rings. The topological polar surface area (TPSA) is 102 Å². The fraction of sp³-hybridized carbons (Fsp3) is 0.200. The van der Waals surface area contributed by atoms with Crippen LogP contribution in [0.5, 0.6) is 0 Å². The third kappa shape index (κ3) is 6.22. The van der Waals surface area contributed by atoms with E-state index in [4.69, 9.17) is 0 Å². The molecule has 0 aromatic heterocycles. The normalized spacial score (nSPS) is 12.1. The van der Waals surface area contributed by atoms with Crippen molar-refractivity contribution in [2.75, 3.05) is 13.7 Å². The Bertz CT molecular complexity index is 1060. The largest absolute Gasteiger partial charge is 0.469 e. The number of sulfonamides is 1. The van der Waals surface area contributed by atoms with E-state index in [2.05, 4.69) is 37.3 Å². The number of hydrogen-bond donors (Lipinski definition) is 2. The maximum atomic E-state index is 14.1. The molecule has 0 aliphatic heterocycles. The Morgan fingerprint density at radius 1 is 1.27 bits per heavy atom. The van der Waals surface area contributed by atoms with Crippen LogP contribution in [-0.4, -0.2) is 33.9 Å². The first kappa shape index (κ1) is 23.7. The van der Waals surface area contributed by atoms with Crippen LogP contribution in [-0.2, 0) is 19.6 Å². The van der Waals surface area contributed by atoms with Gasteiger partial charge in [-0.15, -0.1) is 6.58 Å². The Morgan fingerprint density at radius 2 is 2.00 bits per heavy atom. The van der Waals surface area contributed by atoms with Crippen LogP contribution in [0.25, 0.3) is 0 Å². The number of nitrogens with one attached hydrogen (secondary N) is 2. The van der Waals surface area contributed by atoms with Crippen molar-refractivity contribution in [2.45, 2.75) is 17.4 Å². The minimum Gasteiger partial charge on any atom is -0.469 e. The third-order valence-corrected chi connectivity index (χ3v) is 5.99. The van der Waals surface area contributed by atoms with Crippen LogP contribution in [0.4, 0.5) is 4.39 Å². The first-order valence-electron chi connectivity index (χ1n) is 8.71. The van der Waals surface area contributed by atoms with E-state index >= 15 is 0 Å². The zero-order valence-electron chi connectivity index (χ0n) is 16.0. The molecule has 1 amide bonds. The standard InChI is InChI=1S/C20H20BrFN2O5S/c1-3-9-23-30(27,28)18-11-14(7-8-16(18)22)20(26)24-17(12-19(25)29-2)13-5-4-6-15(21)10-13/h3-8,10-11,17,23H,1,9,12H2,2H3,(H,24,26). The minimum absolute atomic E-state index is 0.0831. The molecule has 0 saturated heterocycles. The number of carbonyl (C=O) groups excluding carboxylic acids is 2. The number of halogens is 2. The van der Waals surface area contributed by atoms with Gasteiger partial charge in [-0.25, -0.2) is 17.5 Å². The van der Waals surface area contributed by atoms with Gasteiger partial charge in [0.05, 0.1) is 19.6 Å². The number of ether oxygens (including phenoxy) is 1. The van der Waals surface area contributed by atoms with Crippen LogP contribution in [0, 0.1) is 5.82 Å². The van der Waals surface area contributed by atoms with Gasteiger partial charge in [0.2, 0.25) is 10.0 Å². The average Bonchev–Trinajstić information content (AvgIpc) is 2.71. The highest BCUT2D eigenvalue weighted by molar-refractivity contribution is 9.10. The molecular formula is C20H20BrFN2O5S. The summed E-state index contributed by atoms with van der Waals surface area (Å²) >= 11 is 3.33. The van der Waals surface area contributed by atoms with Gasteiger partial charge in [-0.3, -0.25) is 9.59 Å². The summed E-state index contributed by atoms with van der Waals surface area (Å²) in [5, 5.41) is 2.67. The van der Waals surface area contributed by atoms with Gasteiger partial charge < -0.3 is 10.1 Å². The van der Waals surface area contributed by atoms with E-state index in [1.54, 1.807) is 24.3 Å². The van der Waals surface area contributed by atoms with E-state index in [9.17, 15) is 22.4 Å². The number of methoxy groups -OCH3 is 1. The summed E-state index contributed by atoms with van der Waals surface area (Å²) < 4.78 is 46.2. The fourth-order valence-corrected chi connectivity index (χ4v) is 4.08. The smallest absolute Gasteiger partial charge is 0.307 e. The lowest BCUT2D eigenvalue weighted by molar-refractivity contribution is -0.141. The van der Waals surface area contributed by atoms with Crippen LogP contribution in [0.2, 0.25) is 0 Å². The van der Waals surface area contributed by atoms with Gasteiger partial charge in [0.15, 0.2) is 0 Å². The lowest BCUT2D eigenvalue weighted by Crippen LogP contribution is -2.31. The van der Waals surface area contributed by atoms with E-state index < -0.39 is 38.7 Å². The molecule has 2 N–H and O–H groups in total. The Kier molecular flexibility index (Phi) is 8.27. The summed E-state index contributed by atoms with van der Waals surface area (Å²) in [5.41, 5.74) is 0.547. The molecule has 160 valence electrons. The van der Waals surface area contributed by atoms with Crippen molar-refractivity contribution < 1.29 is 27.1 Å². The molecule has 0 radical (unpaired) electrons. The highest BCUT2D eigenvalue weighted by atomic mass is 79.9. The fourth-order valence-electron chi connectivity index (χ4n) is 2.56. The number of hydrogen-bond acceptors (Lipinski definition) is 5.